The van der Waals surface area contributed by atoms with Gasteiger partial charge in [-0.05, 0) is 36.1 Å². The molecule has 8 heteroatoms. The maximum Gasteiger partial charge on any atom is 0.421 e. The van der Waals surface area contributed by atoms with Crippen molar-refractivity contribution in [3.05, 3.63) is 65.5 Å². The van der Waals surface area contributed by atoms with E-state index in [9.17, 15) is 18.8 Å². The molecule has 0 unspecified atom stereocenters. The van der Waals surface area contributed by atoms with Crippen LogP contribution < -0.4 is 4.90 Å². The second kappa shape index (κ2) is 8.02. The quantitative estimate of drug-likeness (QED) is 0.527. The fourth-order valence-electron chi connectivity index (χ4n) is 4.73. The van der Waals surface area contributed by atoms with Gasteiger partial charge in [0.05, 0.1) is 0 Å². The predicted octanol–water partition coefficient (Wildman–Crippen LogP) is 2.39. The van der Waals surface area contributed by atoms with Crippen LogP contribution in [0.2, 0.25) is 0 Å². The second-order valence-electron chi connectivity index (χ2n) is 8.45. The molecule has 2 aromatic carbocycles. The van der Waals surface area contributed by atoms with Crippen molar-refractivity contribution in [1.82, 2.24) is 4.90 Å². The second-order valence-corrected chi connectivity index (χ2v) is 8.45. The minimum Gasteiger partial charge on any atom is -0.405 e. The molecule has 3 fully saturated rings. The lowest BCUT2D eigenvalue weighted by atomic mass is 9.90. The fourth-order valence-corrected chi connectivity index (χ4v) is 4.73. The largest absolute Gasteiger partial charge is 0.421 e. The standard InChI is InChI=1S/C24H23FN2O5/c25-19-8-3-2-7-18(19)17-14-26(15-17)13-10-16-6-1-4-9-20(16)27-12-5-11-24(23(27)30)31-21(28)22(29)32-24/h1-4,6-9,17H,5,10-15H2. The van der Waals surface area contributed by atoms with Crippen LogP contribution >= 0.6 is 0 Å². The number of anilines is 1. The number of nitrogens with zero attached hydrogens (tertiary/aromatic N) is 2. The molecule has 3 saturated heterocycles. The third-order valence-electron chi connectivity index (χ3n) is 6.42. The van der Waals surface area contributed by atoms with Gasteiger partial charge in [-0.25, -0.2) is 14.0 Å². The maximum atomic E-state index is 14.0. The summed E-state index contributed by atoms with van der Waals surface area (Å²) in [5.41, 5.74) is 2.46. The first-order valence-electron chi connectivity index (χ1n) is 10.8. The Labute approximate surface area is 184 Å². The molecule has 2 aromatic rings. The molecule has 5 rings (SSSR count). The molecular formula is C24H23FN2O5. The summed E-state index contributed by atoms with van der Waals surface area (Å²) < 4.78 is 24.1. The Morgan fingerprint density at radius 2 is 1.66 bits per heavy atom. The molecule has 3 aliphatic heterocycles. The molecule has 1 amide bonds. The number of carbonyl (C=O) groups excluding carboxylic acids is 3. The summed E-state index contributed by atoms with van der Waals surface area (Å²) >= 11 is 0. The number of piperidine rings is 1. The van der Waals surface area contributed by atoms with Crippen LogP contribution in [0.4, 0.5) is 10.1 Å². The summed E-state index contributed by atoms with van der Waals surface area (Å²) in [6.07, 6.45) is 1.40. The molecule has 7 nitrogen and oxygen atoms in total. The van der Waals surface area contributed by atoms with Crippen molar-refractivity contribution in [3.63, 3.8) is 0 Å². The van der Waals surface area contributed by atoms with Crippen molar-refractivity contribution in [3.8, 4) is 0 Å². The Hall–Kier alpha value is -3.26. The van der Waals surface area contributed by atoms with Gasteiger partial charge in [-0.2, -0.15) is 0 Å². The number of esters is 2. The highest BCUT2D eigenvalue weighted by Gasteiger charge is 2.58. The van der Waals surface area contributed by atoms with E-state index < -0.39 is 23.6 Å². The average Bonchev–Trinajstić information content (AvgIpc) is 3.04. The third kappa shape index (κ3) is 3.54. The number of para-hydroxylation sites is 1. The Morgan fingerprint density at radius 3 is 2.41 bits per heavy atom. The predicted molar refractivity (Wildman–Crippen MR) is 112 cm³/mol. The van der Waals surface area contributed by atoms with E-state index in [1.807, 2.05) is 36.4 Å². The van der Waals surface area contributed by atoms with Crippen molar-refractivity contribution in [2.75, 3.05) is 31.1 Å². The van der Waals surface area contributed by atoms with E-state index in [0.717, 1.165) is 36.4 Å². The number of likely N-dealkylation sites (tertiary alicyclic amines) is 1. The zero-order valence-corrected chi connectivity index (χ0v) is 17.5. The minimum atomic E-state index is -1.84. The first-order chi connectivity index (χ1) is 15.5. The van der Waals surface area contributed by atoms with E-state index in [2.05, 4.69) is 4.90 Å². The molecule has 3 heterocycles. The number of rotatable bonds is 5. The summed E-state index contributed by atoms with van der Waals surface area (Å²) in [7, 11) is 0. The number of carbonyl (C=O) groups is 3. The van der Waals surface area contributed by atoms with Crippen LogP contribution in [-0.2, 0) is 30.3 Å². The average molecular weight is 438 g/mol. The van der Waals surface area contributed by atoms with Gasteiger partial charge < -0.3 is 19.3 Å². The number of benzene rings is 2. The molecular weight excluding hydrogens is 415 g/mol. The van der Waals surface area contributed by atoms with E-state index in [0.29, 0.717) is 19.4 Å². The summed E-state index contributed by atoms with van der Waals surface area (Å²) in [6.45, 7) is 2.81. The summed E-state index contributed by atoms with van der Waals surface area (Å²) in [5, 5.41) is 0. The van der Waals surface area contributed by atoms with Crippen molar-refractivity contribution < 1.29 is 28.2 Å². The van der Waals surface area contributed by atoms with E-state index in [1.165, 1.54) is 6.07 Å². The first kappa shape index (κ1) is 20.6. The van der Waals surface area contributed by atoms with Crippen LogP contribution in [-0.4, -0.2) is 54.7 Å². The molecule has 1 spiro atoms. The van der Waals surface area contributed by atoms with Crippen LogP contribution in [0.15, 0.2) is 48.5 Å². The highest BCUT2D eigenvalue weighted by atomic mass is 19.1. The Kier molecular flexibility index (Phi) is 5.17. The van der Waals surface area contributed by atoms with E-state index >= 15 is 0 Å². The lowest BCUT2D eigenvalue weighted by molar-refractivity contribution is -0.192. The molecule has 0 aromatic heterocycles. The summed E-state index contributed by atoms with van der Waals surface area (Å²) in [6, 6.07) is 14.5. The van der Waals surface area contributed by atoms with Gasteiger partial charge >= 0.3 is 23.6 Å². The van der Waals surface area contributed by atoms with Gasteiger partial charge in [0.15, 0.2) is 0 Å². The fraction of sp³-hybridized carbons (Fsp3) is 0.375. The summed E-state index contributed by atoms with van der Waals surface area (Å²) in [5.74, 6) is -4.59. The molecule has 3 aliphatic rings. The third-order valence-corrected chi connectivity index (χ3v) is 6.42. The zero-order chi connectivity index (χ0) is 22.3. The minimum absolute atomic E-state index is 0.159. The zero-order valence-electron chi connectivity index (χ0n) is 17.5. The van der Waals surface area contributed by atoms with E-state index in [4.69, 9.17) is 9.47 Å². The van der Waals surface area contributed by atoms with Crippen molar-refractivity contribution in [1.29, 1.82) is 0 Å². The van der Waals surface area contributed by atoms with Crippen LogP contribution in [0.1, 0.15) is 29.9 Å². The van der Waals surface area contributed by atoms with Crippen molar-refractivity contribution >= 4 is 23.5 Å². The van der Waals surface area contributed by atoms with Gasteiger partial charge in [0.25, 0.3) is 0 Å². The van der Waals surface area contributed by atoms with Crippen LogP contribution in [0, 0.1) is 5.82 Å². The van der Waals surface area contributed by atoms with Crippen LogP contribution in [0.3, 0.4) is 0 Å². The number of hydrogen-bond donors (Lipinski definition) is 0. The molecule has 166 valence electrons. The first-order valence-corrected chi connectivity index (χ1v) is 10.8. The maximum absolute atomic E-state index is 14.0. The normalized spacial score (nSPS) is 20.9. The molecule has 0 N–H and O–H groups in total. The van der Waals surface area contributed by atoms with E-state index in [1.54, 1.807) is 11.0 Å². The number of amides is 1. The Morgan fingerprint density at radius 1 is 0.969 bits per heavy atom. The smallest absolute Gasteiger partial charge is 0.405 e. The highest BCUT2D eigenvalue weighted by molar-refractivity contribution is 6.32. The van der Waals surface area contributed by atoms with Gasteiger partial charge in [0.1, 0.15) is 5.82 Å². The highest BCUT2D eigenvalue weighted by Crippen LogP contribution is 2.36. The molecule has 0 saturated carbocycles. The molecule has 32 heavy (non-hydrogen) atoms. The van der Waals surface area contributed by atoms with Gasteiger partial charge in [-0.1, -0.05) is 36.4 Å². The van der Waals surface area contributed by atoms with Crippen LogP contribution in [0.5, 0.6) is 0 Å². The topological polar surface area (TPSA) is 76.2 Å². The Bertz CT molecular complexity index is 1070. The number of halogens is 1. The van der Waals surface area contributed by atoms with Gasteiger partial charge in [0.2, 0.25) is 0 Å². The summed E-state index contributed by atoms with van der Waals surface area (Å²) in [4.78, 5) is 40.1. The van der Waals surface area contributed by atoms with E-state index in [-0.39, 0.29) is 18.2 Å². The van der Waals surface area contributed by atoms with Gasteiger partial charge in [-0.3, -0.25) is 4.79 Å². The van der Waals surface area contributed by atoms with Gasteiger partial charge in [-0.15, -0.1) is 0 Å². The Balaban J connectivity index is 1.26. The lowest BCUT2D eigenvalue weighted by Gasteiger charge is -2.40. The SMILES string of the molecule is O=C1OC2(CCCN(c3ccccc3CCN3CC(c4ccccc4F)C3)C2=O)OC1=O. The van der Waals surface area contributed by atoms with Crippen LogP contribution in [0.25, 0.3) is 0 Å². The number of ether oxygens (including phenoxy) is 2. The molecule has 0 aliphatic carbocycles. The number of hydrogen-bond acceptors (Lipinski definition) is 6. The molecule has 0 bridgehead atoms. The van der Waals surface area contributed by atoms with Gasteiger partial charge in [0, 0.05) is 44.2 Å². The molecule has 0 atom stereocenters. The molecule has 0 radical (unpaired) electrons. The lowest BCUT2D eigenvalue weighted by Crippen LogP contribution is -2.55. The van der Waals surface area contributed by atoms with Crippen molar-refractivity contribution in [2.45, 2.75) is 31.0 Å². The monoisotopic (exact) mass is 438 g/mol. The van der Waals surface area contributed by atoms with Crippen molar-refractivity contribution in [2.24, 2.45) is 0 Å².